The number of carboxylic acid groups (broad SMARTS) is 1. The van der Waals surface area contributed by atoms with Gasteiger partial charge in [-0.05, 0) is 24.9 Å². The summed E-state index contributed by atoms with van der Waals surface area (Å²) < 4.78 is 0. The Kier molecular flexibility index (Phi) is 12.2. The summed E-state index contributed by atoms with van der Waals surface area (Å²) in [5.41, 5.74) is 12.4. The average molecular weight is 552 g/mol. The van der Waals surface area contributed by atoms with Crippen LogP contribution < -0.4 is 27.4 Å². The molecule has 208 valence electrons. The first-order chi connectivity index (χ1) is 18.1. The Labute approximate surface area is 222 Å². The van der Waals surface area contributed by atoms with Crippen LogP contribution in [0.3, 0.4) is 0 Å². The number of aliphatic carboxylic acids is 1. The van der Waals surface area contributed by atoms with Crippen LogP contribution in [0, 0.1) is 0 Å². The van der Waals surface area contributed by atoms with E-state index in [2.05, 4.69) is 35.9 Å². The van der Waals surface area contributed by atoms with Gasteiger partial charge in [-0.3, -0.25) is 19.2 Å². The maximum Gasteiger partial charge on any atom is 0.326 e. The van der Waals surface area contributed by atoms with Gasteiger partial charge in [0.15, 0.2) is 0 Å². The Bertz CT molecular complexity index is 1060. The quantitative estimate of drug-likeness (QED) is 0.105. The van der Waals surface area contributed by atoms with E-state index in [-0.39, 0.29) is 32.1 Å². The Morgan fingerprint density at radius 2 is 1.45 bits per heavy atom. The minimum Gasteiger partial charge on any atom is -0.480 e. The van der Waals surface area contributed by atoms with Crippen LogP contribution in [0.25, 0.3) is 0 Å². The molecule has 0 aromatic carbocycles. The second-order valence-corrected chi connectivity index (χ2v) is 9.46. The van der Waals surface area contributed by atoms with Crippen LogP contribution in [0.1, 0.15) is 30.7 Å². The highest BCUT2D eigenvalue weighted by atomic mass is 32.2. The lowest BCUT2D eigenvalue weighted by molar-refractivity contribution is -0.142. The SMILES string of the molecule is CSCCC(NC(=O)C(CCC(N)=O)NC(=O)C(Cc1cnc[nH]1)NC(=O)C(N)Cc1cnc[nH]1)C(=O)O. The summed E-state index contributed by atoms with van der Waals surface area (Å²) in [5.74, 6) is -3.63. The molecule has 2 aromatic heterocycles. The number of nitrogens with zero attached hydrogens (tertiary/aromatic N) is 2. The molecule has 15 nitrogen and oxygen atoms in total. The van der Waals surface area contributed by atoms with Gasteiger partial charge in [-0.15, -0.1) is 0 Å². The highest BCUT2D eigenvalue weighted by molar-refractivity contribution is 7.98. The lowest BCUT2D eigenvalue weighted by Crippen LogP contribution is -2.58. The average Bonchev–Trinajstić information content (AvgIpc) is 3.57. The summed E-state index contributed by atoms with van der Waals surface area (Å²) >= 11 is 1.41. The number of carbonyl (C=O) groups excluding carboxylic acids is 4. The maximum atomic E-state index is 13.3. The molecule has 0 aliphatic heterocycles. The van der Waals surface area contributed by atoms with Gasteiger partial charge in [-0.1, -0.05) is 0 Å². The summed E-state index contributed by atoms with van der Waals surface area (Å²) in [6, 6.07) is -4.66. The molecule has 0 fully saturated rings. The number of rotatable bonds is 17. The number of carboxylic acids is 1. The van der Waals surface area contributed by atoms with E-state index in [9.17, 15) is 29.1 Å². The number of hydrogen-bond donors (Lipinski definition) is 8. The first-order valence-corrected chi connectivity index (χ1v) is 13.1. The number of primary amides is 1. The number of thioether (sulfide) groups is 1. The van der Waals surface area contributed by atoms with Gasteiger partial charge >= 0.3 is 5.97 Å². The van der Waals surface area contributed by atoms with Crippen LogP contribution in [-0.4, -0.2) is 90.8 Å². The van der Waals surface area contributed by atoms with Crippen LogP contribution in [0.4, 0.5) is 0 Å². The standard InChI is InChI=1S/C22H33N9O6S/c1-38-5-4-16(22(36)37)30-20(34)15(2-3-18(24)32)29-21(35)17(7-13-9-26-11-28-13)31-19(33)14(23)6-12-8-25-10-27-12/h8-11,14-17H,2-7,23H2,1H3,(H2,24,32)(H,25,27)(H,26,28)(H,29,35)(H,30,34)(H,31,33)(H,36,37). The van der Waals surface area contributed by atoms with Gasteiger partial charge in [0, 0.05) is 43.0 Å². The Morgan fingerprint density at radius 1 is 0.895 bits per heavy atom. The van der Waals surface area contributed by atoms with Crippen molar-refractivity contribution >= 4 is 41.4 Å². The van der Waals surface area contributed by atoms with E-state index in [0.29, 0.717) is 17.1 Å². The molecule has 2 heterocycles. The first-order valence-electron chi connectivity index (χ1n) is 11.7. The topological polar surface area (TPSA) is 251 Å². The van der Waals surface area contributed by atoms with E-state index < -0.39 is 53.8 Å². The fraction of sp³-hybridized carbons (Fsp3) is 0.500. The lowest BCUT2D eigenvalue weighted by atomic mass is 10.1. The molecule has 0 saturated carbocycles. The highest BCUT2D eigenvalue weighted by Gasteiger charge is 2.31. The van der Waals surface area contributed by atoms with E-state index in [4.69, 9.17) is 11.5 Å². The number of aromatic nitrogens is 4. The maximum absolute atomic E-state index is 13.3. The number of nitrogens with one attached hydrogen (secondary N) is 5. The molecular weight excluding hydrogens is 518 g/mol. The van der Waals surface area contributed by atoms with Crippen molar-refractivity contribution < 1.29 is 29.1 Å². The van der Waals surface area contributed by atoms with Crippen LogP contribution in [0.2, 0.25) is 0 Å². The van der Waals surface area contributed by atoms with Gasteiger partial charge in [0.25, 0.3) is 0 Å². The number of amides is 4. The summed E-state index contributed by atoms with van der Waals surface area (Å²) in [6.45, 7) is 0. The zero-order valence-corrected chi connectivity index (χ0v) is 21.6. The molecule has 0 radical (unpaired) electrons. The van der Waals surface area contributed by atoms with Crippen molar-refractivity contribution in [3.05, 3.63) is 36.4 Å². The van der Waals surface area contributed by atoms with Crippen molar-refractivity contribution in [1.29, 1.82) is 0 Å². The molecule has 0 spiro atoms. The molecule has 0 aliphatic rings. The third-order valence-electron chi connectivity index (χ3n) is 5.48. The number of imidazole rings is 2. The molecule has 38 heavy (non-hydrogen) atoms. The molecule has 4 amide bonds. The number of hydrogen-bond acceptors (Lipinski definition) is 9. The Morgan fingerprint density at radius 3 is 1.97 bits per heavy atom. The fourth-order valence-electron chi connectivity index (χ4n) is 3.42. The van der Waals surface area contributed by atoms with Crippen LogP contribution >= 0.6 is 11.8 Å². The molecule has 2 rings (SSSR count). The minimum atomic E-state index is -1.29. The van der Waals surface area contributed by atoms with E-state index >= 15 is 0 Å². The third kappa shape index (κ3) is 10.2. The largest absolute Gasteiger partial charge is 0.480 e. The zero-order chi connectivity index (χ0) is 28.1. The predicted octanol–water partition coefficient (Wildman–Crippen LogP) is -2.20. The molecule has 0 saturated heterocycles. The second kappa shape index (κ2) is 15.4. The molecule has 0 aliphatic carbocycles. The summed E-state index contributed by atoms with van der Waals surface area (Å²) in [5, 5.41) is 16.9. The molecule has 0 bridgehead atoms. The van der Waals surface area contributed by atoms with Gasteiger partial charge in [0.1, 0.15) is 18.1 Å². The molecule has 4 unspecified atom stereocenters. The van der Waals surface area contributed by atoms with Crippen molar-refractivity contribution in [2.24, 2.45) is 11.5 Å². The normalized spacial score (nSPS) is 14.1. The van der Waals surface area contributed by atoms with E-state index in [0.717, 1.165) is 0 Å². The first kappa shape index (κ1) is 30.3. The Balaban J connectivity index is 2.17. The van der Waals surface area contributed by atoms with E-state index in [1.165, 1.54) is 36.8 Å². The van der Waals surface area contributed by atoms with E-state index in [1.807, 2.05) is 0 Å². The minimum absolute atomic E-state index is 0.00994. The van der Waals surface area contributed by atoms with Crippen molar-refractivity contribution in [3.63, 3.8) is 0 Å². The molecule has 4 atom stereocenters. The fourth-order valence-corrected chi connectivity index (χ4v) is 3.89. The second-order valence-electron chi connectivity index (χ2n) is 8.48. The van der Waals surface area contributed by atoms with Crippen LogP contribution in [-0.2, 0) is 36.8 Å². The van der Waals surface area contributed by atoms with Crippen molar-refractivity contribution in [1.82, 2.24) is 35.9 Å². The highest BCUT2D eigenvalue weighted by Crippen LogP contribution is 2.06. The van der Waals surface area contributed by atoms with E-state index in [1.54, 1.807) is 6.26 Å². The van der Waals surface area contributed by atoms with Gasteiger partial charge < -0.3 is 42.5 Å². The van der Waals surface area contributed by atoms with Gasteiger partial charge in [0.05, 0.1) is 18.7 Å². The number of aromatic amines is 2. The number of H-pyrrole nitrogens is 2. The molecule has 10 N–H and O–H groups in total. The predicted molar refractivity (Wildman–Crippen MR) is 137 cm³/mol. The lowest BCUT2D eigenvalue weighted by Gasteiger charge is -2.25. The summed E-state index contributed by atoms with van der Waals surface area (Å²) in [4.78, 5) is 75.4. The van der Waals surface area contributed by atoms with Crippen molar-refractivity contribution in [2.75, 3.05) is 12.0 Å². The van der Waals surface area contributed by atoms with Crippen molar-refractivity contribution in [3.8, 4) is 0 Å². The molecular formula is C22H33N9O6S. The van der Waals surface area contributed by atoms with Crippen LogP contribution in [0.5, 0.6) is 0 Å². The summed E-state index contributed by atoms with van der Waals surface area (Å²) in [6.07, 6.45) is 7.51. The number of carbonyl (C=O) groups is 5. The number of nitrogens with two attached hydrogens (primary N) is 2. The summed E-state index contributed by atoms with van der Waals surface area (Å²) in [7, 11) is 0. The monoisotopic (exact) mass is 551 g/mol. The van der Waals surface area contributed by atoms with Crippen molar-refractivity contribution in [2.45, 2.75) is 56.3 Å². The smallest absolute Gasteiger partial charge is 0.326 e. The van der Waals surface area contributed by atoms with Gasteiger partial charge in [0.2, 0.25) is 23.6 Å². The molecule has 2 aromatic rings. The van der Waals surface area contributed by atoms with Gasteiger partial charge in [-0.25, -0.2) is 14.8 Å². The third-order valence-corrected chi connectivity index (χ3v) is 6.12. The Hall–Kier alpha value is -3.92. The van der Waals surface area contributed by atoms with Crippen LogP contribution in [0.15, 0.2) is 25.0 Å². The molecule has 16 heteroatoms. The zero-order valence-electron chi connectivity index (χ0n) is 20.8. The van der Waals surface area contributed by atoms with Gasteiger partial charge in [-0.2, -0.15) is 11.8 Å².